The first-order chi connectivity index (χ1) is 11.7. The van der Waals surface area contributed by atoms with Crippen LogP contribution in [0.5, 0.6) is 23.0 Å². The van der Waals surface area contributed by atoms with E-state index >= 15 is 0 Å². The van der Waals surface area contributed by atoms with Crippen LogP contribution in [0.3, 0.4) is 0 Å². The molecule has 24 heavy (non-hydrogen) atoms. The van der Waals surface area contributed by atoms with Gasteiger partial charge in [-0.25, -0.2) is 0 Å². The second-order valence-corrected chi connectivity index (χ2v) is 4.55. The SMILES string of the molecule is COc1cc(/C=N/N=C/c2ccc(OC=O)cc2)cc(OC)c1O. The van der Waals surface area contributed by atoms with Crippen LogP contribution < -0.4 is 14.2 Å². The summed E-state index contributed by atoms with van der Waals surface area (Å²) < 4.78 is 14.8. The summed E-state index contributed by atoms with van der Waals surface area (Å²) in [6, 6.07) is 10.0. The highest BCUT2D eigenvalue weighted by Gasteiger charge is 2.09. The van der Waals surface area contributed by atoms with Crippen molar-refractivity contribution in [3.05, 3.63) is 47.5 Å². The molecule has 0 heterocycles. The number of hydrogen-bond donors (Lipinski definition) is 1. The Morgan fingerprint density at radius 2 is 1.46 bits per heavy atom. The molecular weight excluding hydrogens is 312 g/mol. The van der Waals surface area contributed by atoms with E-state index in [0.29, 0.717) is 17.8 Å². The van der Waals surface area contributed by atoms with Crippen molar-refractivity contribution in [2.24, 2.45) is 10.2 Å². The van der Waals surface area contributed by atoms with E-state index in [-0.39, 0.29) is 17.2 Å². The zero-order valence-electron chi connectivity index (χ0n) is 13.2. The number of hydrogen-bond acceptors (Lipinski definition) is 7. The fraction of sp³-hybridized carbons (Fsp3) is 0.118. The van der Waals surface area contributed by atoms with E-state index in [2.05, 4.69) is 10.2 Å². The number of benzene rings is 2. The lowest BCUT2D eigenvalue weighted by Crippen LogP contribution is -1.92. The molecule has 124 valence electrons. The van der Waals surface area contributed by atoms with Crippen molar-refractivity contribution in [3.8, 4) is 23.0 Å². The number of nitrogens with zero attached hydrogens (tertiary/aromatic N) is 2. The molecule has 2 rings (SSSR count). The van der Waals surface area contributed by atoms with Crippen LogP contribution in [0.4, 0.5) is 0 Å². The number of ether oxygens (including phenoxy) is 3. The van der Waals surface area contributed by atoms with E-state index in [1.165, 1.54) is 20.4 Å². The van der Waals surface area contributed by atoms with Gasteiger partial charge in [0.15, 0.2) is 11.5 Å². The monoisotopic (exact) mass is 328 g/mol. The number of carbonyl (C=O) groups is 1. The number of aromatic hydroxyl groups is 1. The molecule has 0 aliphatic carbocycles. The van der Waals surface area contributed by atoms with Gasteiger partial charge in [-0.2, -0.15) is 10.2 Å². The number of rotatable bonds is 7. The molecule has 0 fully saturated rings. The summed E-state index contributed by atoms with van der Waals surface area (Å²) in [6.45, 7) is 0.369. The first kappa shape index (κ1) is 17.0. The van der Waals surface area contributed by atoms with Gasteiger partial charge in [0.25, 0.3) is 6.47 Å². The lowest BCUT2D eigenvalue weighted by atomic mass is 10.2. The Hall–Kier alpha value is -3.35. The van der Waals surface area contributed by atoms with Gasteiger partial charge in [0.1, 0.15) is 5.75 Å². The molecule has 0 aromatic heterocycles. The summed E-state index contributed by atoms with van der Waals surface area (Å²) in [5.41, 5.74) is 1.46. The third kappa shape index (κ3) is 4.33. The third-order valence-corrected chi connectivity index (χ3v) is 3.05. The van der Waals surface area contributed by atoms with Crippen LogP contribution in [0.15, 0.2) is 46.6 Å². The number of methoxy groups -OCH3 is 2. The second-order valence-electron chi connectivity index (χ2n) is 4.55. The van der Waals surface area contributed by atoms with Crippen LogP contribution in [0, 0.1) is 0 Å². The summed E-state index contributed by atoms with van der Waals surface area (Å²) in [7, 11) is 2.90. The minimum Gasteiger partial charge on any atom is -0.502 e. The van der Waals surface area contributed by atoms with E-state index in [4.69, 9.17) is 14.2 Å². The summed E-state index contributed by atoms with van der Waals surface area (Å²) in [4.78, 5) is 10.2. The Kier molecular flexibility index (Phi) is 5.90. The highest BCUT2D eigenvalue weighted by atomic mass is 16.5. The summed E-state index contributed by atoms with van der Waals surface area (Å²) in [5, 5.41) is 17.7. The highest BCUT2D eigenvalue weighted by molar-refractivity contribution is 5.84. The molecule has 0 spiro atoms. The molecule has 0 saturated carbocycles. The van der Waals surface area contributed by atoms with Gasteiger partial charge in [-0.05, 0) is 42.0 Å². The fourth-order valence-corrected chi connectivity index (χ4v) is 1.88. The molecule has 0 aliphatic heterocycles. The summed E-state index contributed by atoms with van der Waals surface area (Å²) in [6.07, 6.45) is 3.06. The highest BCUT2D eigenvalue weighted by Crippen LogP contribution is 2.36. The Morgan fingerprint density at radius 3 is 1.96 bits per heavy atom. The van der Waals surface area contributed by atoms with Crippen molar-refractivity contribution >= 4 is 18.9 Å². The zero-order valence-corrected chi connectivity index (χ0v) is 13.2. The molecule has 0 bridgehead atoms. The Labute approximate surface area is 138 Å². The van der Waals surface area contributed by atoms with Gasteiger partial charge in [-0.3, -0.25) is 4.79 Å². The minimum absolute atomic E-state index is 0.0710. The molecular formula is C17H16N2O5. The van der Waals surface area contributed by atoms with Crippen molar-refractivity contribution in [2.45, 2.75) is 0 Å². The average Bonchev–Trinajstić information content (AvgIpc) is 2.61. The summed E-state index contributed by atoms with van der Waals surface area (Å²) >= 11 is 0. The Morgan fingerprint density at radius 1 is 0.917 bits per heavy atom. The maximum Gasteiger partial charge on any atom is 0.298 e. The molecule has 7 nitrogen and oxygen atoms in total. The summed E-state index contributed by atoms with van der Waals surface area (Å²) in [5.74, 6) is 0.948. The second kappa shape index (κ2) is 8.33. The van der Waals surface area contributed by atoms with Crippen molar-refractivity contribution in [2.75, 3.05) is 14.2 Å². The van der Waals surface area contributed by atoms with E-state index in [1.807, 2.05) is 0 Å². The van der Waals surface area contributed by atoms with Gasteiger partial charge in [0.2, 0.25) is 5.75 Å². The van der Waals surface area contributed by atoms with Crippen molar-refractivity contribution < 1.29 is 24.1 Å². The van der Waals surface area contributed by atoms with Gasteiger partial charge >= 0.3 is 0 Å². The molecule has 2 aromatic carbocycles. The molecule has 1 N–H and O–H groups in total. The van der Waals surface area contributed by atoms with Gasteiger partial charge in [-0.1, -0.05) is 0 Å². The molecule has 0 radical (unpaired) electrons. The first-order valence-corrected chi connectivity index (χ1v) is 6.89. The van der Waals surface area contributed by atoms with Crippen molar-refractivity contribution in [1.29, 1.82) is 0 Å². The van der Waals surface area contributed by atoms with Crippen LogP contribution in [-0.2, 0) is 4.79 Å². The van der Waals surface area contributed by atoms with E-state index < -0.39 is 0 Å². The van der Waals surface area contributed by atoms with Crippen LogP contribution >= 0.6 is 0 Å². The van der Waals surface area contributed by atoms with Gasteiger partial charge < -0.3 is 19.3 Å². The van der Waals surface area contributed by atoms with Crippen LogP contribution in [-0.4, -0.2) is 38.2 Å². The predicted molar refractivity (Wildman–Crippen MR) is 89.5 cm³/mol. The molecule has 7 heteroatoms. The molecule has 0 atom stereocenters. The molecule has 0 aliphatic rings. The Bertz CT molecular complexity index is 729. The normalized spacial score (nSPS) is 10.9. The zero-order chi connectivity index (χ0) is 17.4. The fourth-order valence-electron chi connectivity index (χ4n) is 1.88. The minimum atomic E-state index is -0.0710. The predicted octanol–water partition coefficient (Wildman–Crippen LogP) is 2.40. The van der Waals surface area contributed by atoms with Crippen LogP contribution in [0.2, 0.25) is 0 Å². The van der Waals surface area contributed by atoms with Crippen LogP contribution in [0.25, 0.3) is 0 Å². The molecule has 2 aromatic rings. The number of carbonyl (C=O) groups excluding carboxylic acids is 1. The lowest BCUT2D eigenvalue weighted by Gasteiger charge is -2.08. The van der Waals surface area contributed by atoms with Crippen molar-refractivity contribution in [1.82, 2.24) is 0 Å². The standard InChI is InChI=1S/C17H16N2O5/c1-22-15-7-13(8-16(23-2)17(15)21)10-19-18-9-12-3-5-14(6-4-12)24-11-20/h3-11,21H,1-2H3/b18-9+,19-10+. The molecule has 0 amide bonds. The van der Waals surface area contributed by atoms with Crippen LogP contribution in [0.1, 0.15) is 11.1 Å². The first-order valence-electron chi connectivity index (χ1n) is 6.89. The maximum absolute atomic E-state index is 10.2. The maximum atomic E-state index is 10.2. The smallest absolute Gasteiger partial charge is 0.298 e. The number of phenols is 1. The third-order valence-electron chi connectivity index (χ3n) is 3.05. The quantitative estimate of drug-likeness (QED) is 0.479. The molecule has 0 saturated heterocycles. The van der Waals surface area contributed by atoms with Crippen molar-refractivity contribution in [3.63, 3.8) is 0 Å². The average molecular weight is 328 g/mol. The van der Waals surface area contributed by atoms with E-state index in [9.17, 15) is 9.90 Å². The van der Waals surface area contributed by atoms with E-state index in [1.54, 1.807) is 42.6 Å². The topological polar surface area (TPSA) is 89.7 Å². The van der Waals surface area contributed by atoms with Gasteiger partial charge in [-0.15, -0.1) is 0 Å². The van der Waals surface area contributed by atoms with Gasteiger partial charge in [0, 0.05) is 5.56 Å². The van der Waals surface area contributed by atoms with E-state index in [0.717, 1.165) is 5.56 Å². The lowest BCUT2D eigenvalue weighted by molar-refractivity contribution is -0.120. The Balaban J connectivity index is 2.09. The number of phenolic OH excluding ortho intramolecular Hbond substituents is 1. The molecule has 0 unspecified atom stereocenters. The largest absolute Gasteiger partial charge is 0.502 e. The van der Waals surface area contributed by atoms with Gasteiger partial charge in [0.05, 0.1) is 26.6 Å².